The molecule has 0 atom stereocenters. The van der Waals surface area contributed by atoms with Crippen molar-refractivity contribution < 1.29 is 8.78 Å². The highest BCUT2D eigenvalue weighted by molar-refractivity contribution is 9.10. The first-order chi connectivity index (χ1) is 7.10. The van der Waals surface area contributed by atoms with Crippen molar-refractivity contribution in [2.24, 2.45) is 0 Å². The van der Waals surface area contributed by atoms with Gasteiger partial charge in [-0.2, -0.15) is 5.26 Å². The number of rotatable bonds is 3. The van der Waals surface area contributed by atoms with Crippen molar-refractivity contribution in [1.29, 1.82) is 5.26 Å². The largest absolute Gasteiger partial charge is 0.266 e. The third-order valence-electron chi connectivity index (χ3n) is 1.80. The highest BCUT2D eigenvalue weighted by Gasteiger charge is 2.16. The second kappa shape index (κ2) is 5.52. The van der Waals surface area contributed by atoms with E-state index in [1.807, 2.05) is 6.07 Å². The highest BCUT2D eigenvalue weighted by Crippen LogP contribution is 2.28. The number of alkyl halides is 3. The van der Waals surface area contributed by atoms with Crippen LogP contribution in [-0.4, -0.2) is 4.98 Å². The van der Waals surface area contributed by atoms with Crippen LogP contribution in [0.4, 0.5) is 8.78 Å². The van der Waals surface area contributed by atoms with Gasteiger partial charge >= 0.3 is 0 Å². The molecule has 2 nitrogen and oxygen atoms in total. The second-order valence-electron chi connectivity index (χ2n) is 2.74. The Morgan fingerprint density at radius 3 is 2.67 bits per heavy atom. The zero-order valence-corrected chi connectivity index (χ0v) is 10.6. The van der Waals surface area contributed by atoms with Crippen LogP contribution in [0, 0.1) is 11.3 Å². The molecule has 0 aromatic carbocycles. The molecule has 1 aromatic heterocycles. The fraction of sp³-hybridized carbons (Fsp3) is 0.333. The Hall–Kier alpha value is -0.540. The monoisotopic (exact) mass is 338 g/mol. The van der Waals surface area contributed by atoms with Crippen LogP contribution in [0.1, 0.15) is 23.2 Å². The van der Waals surface area contributed by atoms with Gasteiger partial charge in [-0.3, -0.25) is 0 Å². The van der Waals surface area contributed by atoms with E-state index >= 15 is 0 Å². The van der Waals surface area contributed by atoms with Crippen LogP contribution in [0.3, 0.4) is 0 Å². The molecule has 0 radical (unpaired) electrons. The lowest BCUT2D eigenvalue weighted by Gasteiger charge is -2.08. The van der Waals surface area contributed by atoms with Crippen LogP contribution in [0.5, 0.6) is 0 Å². The van der Waals surface area contributed by atoms with Crippen molar-refractivity contribution >= 4 is 31.9 Å². The summed E-state index contributed by atoms with van der Waals surface area (Å²) >= 11 is 6.17. The van der Waals surface area contributed by atoms with Gasteiger partial charge in [0.2, 0.25) is 0 Å². The quantitative estimate of drug-likeness (QED) is 0.621. The minimum Gasteiger partial charge on any atom is -0.244 e. The summed E-state index contributed by atoms with van der Waals surface area (Å²) in [6.07, 6.45) is -2.50. The van der Waals surface area contributed by atoms with Crippen LogP contribution >= 0.6 is 31.9 Å². The number of pyridine rings is 1. The van der Waals surface area contributed by atoms with E-state index in [0.29, 0.717) is 16.6 Å². The molecule has 6 heteroatoms. The highest BCUT2D eigenvalue weighted by atomic mass is 79.9. The summed E-state index contributed by atoms with van der Waals surface area (Å²) in [5, 5.41) is 8.98. The summed E-state index contributed by atoms with van der Waals surface area (Å²) in [7, 11) is 0. The first kappa shape index (κ1) is 12.5. The summed E-state index contributed by atoms with van der Waals surface area (Å²) in [4.78, 5) is 3.97. The molecule has 0 N–H and O–H groups in total. The molecular formula is C9H6Br2F2N2. The molecule has 0 bridgehead atoms. The van der Waals surface area contributed by atoms with Gasteiger partial charge in [0.05, 0.1) is 23.7 Å². The molecule has 0 aliphatic rings. The number of halogens is 4. The van der Waals surface area contributed by atoms with E-state index in [2.05, 4.69) is 36.8 Å². The zero-order valence-electron chi connectivity index (χ0n) is 7.48. The Morgan fingerprint density at radius 2 is 2.20 bits per heavy atom. The van der Waals surface area contributed by atoms with Gasteiger partial charge in [0.25, 0.3) is 6.43 Å². The van der Waals surface area contributed by atoms with E-state index in [1.165, 1.54) is 6.07 Å². The van der Waals surface area contributed by atoms with Gasteiger partial charge in [-0.1, -0.05) is 15.9 Å². The first-order valence-electron chi connectivity index (χ1n) is 3.99. The third kappa shape index (κ3) is 2.95. The van der Waals surface area contributed by atoms with E-state index in [4.69, 9.17) is 5.26 Å². The minimum atomic E-state index is -2.59. The Kier molecular flexibility index (Phi) is 4.61. The van der Waals surface area contributed by atoms with Gasteiger partial charge in [-0.15, -0.1) is 0 Å². The third-order valence-corrected chi connectivity index (χ3v) is 2.97. The Bertz CT molecular complexity index is 402. The maximum Gasteiger partial charge on any atom is 0.266 e. The summed E-state index contributed by atoms with van der Waals surface area (Å²) in [5.41, 5.74) is 0.964. The van der Waals surface area contributed by atoms with Crippen molar-refractivity contribution in [3.63, 3.8) is 0 Å². The average Bonchev–Trinajstić information content (AvgIpc) is 2.20. The summed E-state index contributed by atoms with van der Waals surface area (Å²) < 4.78 is 25.2. The van der Waals surface area contributed by atoms with Gasteiger partial charge in [-0.25, -0.2) is 13.8 Å². The number of hydrogen-bond acceptors (Lipinski definition) is 2. The second-order valence-corrected chi connectivity index (χ2v) is 4.06. The maximum atomic E-state index is 12.5. The van der Waals surface area contributed by atoms with Crippen LogP contribution < -0.4 is 0 Å². The SMILES string of the molecule is N#CCc1cc(C(F)F)c(Br)nc1CBr. The van der Waals surface area contributed by atoms with E-state index in [1.54, 1.807) is 0 Å². The van der Waals surface area contributed by atoms with Crippen LogP contribution in [0.25, 0.3) is 0 Å². The smallest absolute Gasteiger partial charge is 0.244 e. The molecule has 0 aliphatic carbocycles. The zero-order chi connectivity index (χ0) is 11.4. The van der Waals surface area contributed by atoms with Crippen molar-refractivity contribution in [2.75, 3.05) is 0 Å². The van der Waals surface area contributed by atoms with Gasteiger partial charge in [0.1, 0.15) is 4.60 Å². The molecule has 0 spiro atoms. The normalized spacial score (nSPS) is 10.4. The van der Waals surface area contributed by atoms with Crippen LogP contribution in [0.15, 0.2) is 10.7 Å². The van der Waals surface area contributed by atoms with Crippen molar-refractivity contribution in [2.45, 2.75) is 18.2 Å². The fourth-order valence-corrected chi connectivity index (χ4v) is 2.08. The van der Waals surface area contributed by atoms with E-state index in [9.17, 15) is 8.78 Å². The molecule has 1 aromatic rings. The number of hydrogen-bond donors (Lipinski definition) is 0. The number of nitrogens with zero attached hydrogens (tertiary/aromatic N) is 2. The van der Waals surface area contributed by atoms with Gasteiger partial charge < -0.3 is 0 Å². The van der Waals surface area contributed by atoms with E-state index in [-0.39, 0.29) is 16.6 Å². The molecule has 0 amide bonds. The molecule has 80 valence electrons. The molecular weight excluding hydrogens is 334 g/mol. The maximum absolute atomic E-state index is 12.5. The first-order valence-corrected chi connectivity index (χ1v) is 5.90. The molecule has 0 unspecified atom stereocenters. The molecule has 1 heterocycles. The van der Waals surface area contributed by atoms with Gasteiger partial charge in [0.15, 0.2) is 0 Å². The predicted octanol–water partition coefficient (Wildman–Crippen LogP) is 3.74. The van der Waals surface area contributed by atoms with Crippen LogP contribution in [0.2, 0.25) is 0 Å². The Labute approximate surface area is 103 Å². The van der Waals surface area contributed by atoms with Crippen LogP contribution in [-0.2, 0) is 11.8 Å². The lowest BCUT2D eigenvalue weighted by molar-refractivity contribution is 0.150. The summed E-state index contributed by atoms with van der Waals surface area (Å²) in [6, 6.07) is 3.24. The molecule has 15 heavy (non-hydrogen) atoms. The number of nitriles is 1. The Balaban J connectivity index is 3.25. The Morgan fingerprint density at radius 1 is 1.53 bits per heavy atom. The topological polar surface area (TPSA) is 36.7 Å². The summed E-state index contributed by atoms with van der Waals surface area (Å²) in [5.74, 6) is 0. The number of aromatic nitrogens is 1. The van der Waals surface area contributed by atoms with E-state index in [0.717, 1.165) is 0 Å². The molecule has 1 rings (SSSR count). The molecule has 0 saturated heterocycles. The predicted molar refractivity (Wildman–Crippen MR) is 58.8 cm³/mol. The minimum absolute atomic E-state index is 0.0843. The fourth-order valence-electron chi connectivity index (χ4n) is 1.09. The summed E-state index contributed by atoms with van der Waals surface area (Å²) in [6.45, 7) is 0. The molecule has 0 saturated carbocycles. The van der Waals surface area contributed by atoms with Crippen molar-refractivity contribution in [3.8, 4) is 6.07 Å². The lowest BCUT2D eigenvalue weighted by Crippen LogP contribution is -2.00. The molecule has 0 fully saturated rings. The van der Waals surface area contributed by atoms with Gasteiger partial charge in [-0.05, 0) is 27.6 Å². The average molecular weight is 340 g/mol. The van der Waals surface area contributed by atoms with Gasteiger partial charge in [0, 0.05) is 5.33 Å². The van der Waals surface area contributed by atoms with Crippen molar-refractivity contribution in [1.82, 2.24) is 4.98 Å². The van der Waals surface area contributed by atoms with E-state index < -0.39 is 6.43 Å². The molecule has 0 aliphatic heterocycles. The van der Waals surface area contributed by atoms with Crippen molar-refractivity contribution in [3.05, 3.63) is 27.5 Å². The standard InChI is InChI=1S/C9H6Br2F2N2/c10-4-7-5(1-2-14)3-6(9(12)13)8(11)15-7/h3,9H,1,4H2. The lowest BCUT2D eigenvalue weighted by atomic mass is 10.1.